The number of carboxylic acid groups (broad SMARTS) is 1. The molecule has 0 aromatic heterocycles. The lowest BCUT2D eigenvalue weighted by Gasteiger charge is -2.19. The van der Waals surface area contributed by atoms with Gasteiger partial charge >= 0.3 is 17.8 Å². The average Bonchev–Trinajstić information content (AvgIpc) is 2.91. The molecule has 0 unspecified atom stereocenters. The van der Waals surface area contributed by atoms with Gasteiger partial charge in [-0.1, -0.05) is 26.0 Å². The normalized spacial score (nSPS) is 11.3. The van der Waals surface area contributed by atoms with Crippen molar-refractivity contribution in [1.29, 1.82) is 0 Å². The third-order valence-corrected chi connectivity index (χ3v) is 5.64. The van der Waals surface area contributed by atoms with E-state index in [0.29, 0.717) is 18.1 Å². The number of halogens is 4. The van der Waals surface area contributed by atoms with Gasteiger partial charge in [-0.05, 0) is 30.9 Å². The molecule has 0 aliphatic rings. The van der Waals surface area contributed by atoms with Crippen molar-refractivity contribution in [2.45, 2.75) is 45.6 Å². The molecule has 1 atom stereocenters. The number of rotatable bonds is 13. The molecule has 0 spiro atoms. The van der Waals surface area contributed by atoms with Crippen LogP contribution in [0.3, 0.4) is 0 Å². The Kier molecular flexibility index (Phi) is 11.6. The van der Waals surface area contributed by atoms with Crippen molar-refractivity contribution in [2.75, 3.05) is 18.5 Å². The van der Waals surface area contributed by atoms with E-state index in [1.54, 1.807) is 13.0 Å². The molecule has 4 N–H and O–H groups in total. The van der Waals surface area contributed by atoms with Gasteiger partial charge in [-0.2, -0.15) is 4.39 Å². The van der Waals surface area contributed by atoms with E-state index in [0.717, 1.165) is 6.07 Å². The fourth-order valence-electron chi connectivity index (χ4n) is 3.58. The van der Waals surface area contributed by atoms with Crippen LogP contribution in [0.15, 0.2) is 24.3 Å². The van der Waals surface area contributed by atoms with Gasteiger partial charge in [0.25, 0.3) is 0 Å². The summed E-state index contributed by atoms with van der Waals surface area (Å²) in [5.74, 6) is -11.6. The maximum atomic E-state index is 14.2. The van der Waals surface area contributed by atoms with Crippen LogP contribution in [0.25, 0.3) is 0 Å². The van der Waals surface area contributed by atoms with Gasteiger partial charge in [0.1, 0.15) is 18.2 Å². The maximum absolute atomic E-state index is 14.2. The highest BCUT2D eigenvalue weighted by molar-refractivity contribution is 6.40. The smallest absolute Gasteiger partial charge is 0.313 e. The summed E-state index contributed by atoms with van der Waals surface area (Å²) >= 11 is 0. The molecular weight excluding hydrogens is 542 g/mol. The summed E-state index contributed by atoms with van der Waals surface area (Å²) in [7, 11) is 0. The van der Waals surface area contributed by atoms with Gasteiger partial charge in [-0.3, -0.25) is 24.0 Å². The monoisotopic (exact) mass is 569 g/mol. The molecule has 0 aliphatic carbocycles. The number of ketones is 1. The summed E-state index contributed by atoms with van der Waals surface area (Å²) in [6.07, 6.45) is -0.772. The molecule has 10 nitrogen and oxygen atoms in total. The Balaban J connectivity index is 2.03. The van der Waals surface area contributed by atoms with E-state index >= 15 is 0 Å². The second-order valence-electron chi connectivity index (χ2n) is 8.39. The molecular formula is C26H27F4N3O7. The highest BCUT2D eigenvalue weighted by Gasteiger charge is 2.26. The van der Waals surface area contributed by atoms with Crippen LogP contribution >= 0.6 is 0 Å². The second-order valence-corrected chi connectivity index (χ2v) is 8.39. The third-order valence-electron chi connectivity index (χ3n) is 5.64. The molecule has 0 saturated carbocycles. The number of hydrogen-bond acceptors (Lipinski definition) is 6. The van der Waals surface area contributed by atoms with Crippen molar-refractivity contribution in [2.24, 2.45) is 0 Å². The van der Waals surface area contributed by atoms with Crippen molar-refractivity contribution in [3.63, 3.8) is 0 Å². The number of para-hydroxylation sites is 1. The molecule has 40 heavy (non-hydrogen) atoms. The molecule has 0 heterocycles. The number of aliphatic carboxylic acids is 1. The van der Waals surface area contributed by atoms with Crippen LogP contribution in [0.1, 0.15) is 37.8 Å². The van der Waals surface area contributed by atoms with Gasteiger partial charge in [-0.15, -0.1) is 0 Å². The van der Waals surface area contributed by atoms with Crippen LogP contribution < -0.4 is 20.7 Å². The first kappa shape index (κ1) is 31.7. The minimum Gasteiger partial charge on any atom is -0.482 e. The molecule has 2 aromatic carbocycles. The number of anilines is 1. The molecule has 0 bridgehead atoms. The number of hydrogen-bond donors (Lipinski definition) is 4. The Morgan fingerprint density at radius 2 is 1.65 bits per heavy atom. The van der Waals surface area contributed by atoms with E-state index in [4.69, 9.17) is 9.84 Å². The van der Waals surface area contributed by atoms with Gasteiger partial charge in [-0.25, -0.2) is 13.2 Å². The number of Topliss-reactive ketones (excluding diaryl/α,β-unsaturated/α-hetero) is 1. The number of carbonyl (C=O) groups is 5. The van der Waals surface area contributed by atoms with Crippen LogP contribution in [-0.2, 0) is 36.8 Å². The van der Waals surface area contributed by atoms with Crippen molar-refractivity contribution < 1.29 is 51.4 Å². The fraction of sp³-hybridized carbons (Fsp3) is 0.346. The van der Waals surface area contributed by atoms with Gasteiger partial charge in [0, 0.05) is 18.1 Å². The zero-order valence-electron chi connectivity index (χ0n) is 21.5. The van der Waals surface area contributed by atoms with Crippen LogP contribution in [-0.4, -0.2) is 53.8 Å². The number of ether oxygens (including phenoxy) is 1. The van der Waals surface area contributed by atoms with Gasteiger partial charge in [0.05, 0.1) is 18.3 Å². The first-order valence-electron chi connectivity index (χ1n) is 12.1. The summed E-state index contributed by atoms with van der Waals surface area (Å²) in [4.78, 5) is 60.3. The number of carboxylic acids is 1. The molecule has 3 amide bonds. The topological polar surface area (TPSA) is 151 Å². The zero-order valence-corrected chi connectivity index (χ0v) is 21.5. The van der Waals surface area contributed by atoms with Crippen LogP contribution in [0.2, 0.25) is 0 Å². The number of aryl methyl sites for hydroxylation is 1. The fourth-order valence-corrected chi connectivity index (χ4v) is 3.58. The third kappa shape index (κ3) is 8.51. The molecule has 216 valence electrons. The summed E-state index contributed by atoms with van der Waals surface area (Å²) in [5, 5.41) is 15.2. The Labute approximate surface area is 226 Å². The number of carbonyl (C=O) groups excluding carboxylic acids is 4. The molecule has 2 rings (SSSR count). The first-order valence-corrected chi connectivity index (χ1v) is 12.1. The highest BCUT2D eigenvalue weighted by atomic mass is 19.2. The molecule has 0 saturated heterocycles. The van der Waals surface area contributed by atoms with E-state index in [1.807, 2.05) is 5.32 Å². The summed E-state index contributed by atoms with van der Waals surface area (Å²) in [6, 6.07) is 2.87. The Morgan fingerprint density at radius 3 is 2.27 bits per heavy atom. The Hall–Kier alpha value is -4.49. The minimum atomic E-state index is -1.55. The SMILES string of the molecule is CCc1cccc(F)c1NC(=O)C(=O)NCC(=O)N[C@@H](CCC(=O)O)C(=O)COc1c(F)c(F)cc(F)c1CC. The van der Waals surface area contributed by atoms with E-state index < -0.39 is 90.5 Å². The predicted octanol–water partition coefficient (Wildman–Crippen LogP) is 2.42. The number of benzene rings is 2. The van der Waals surface area contributed by atoms with E-state index in [1.165, 1.54) is 13.0 Å². The molecule has 14 heteroatoms. The number of nitrogens with one attached hydrogen (secondary N) is 3. The van der Waals surface area contributed by atoms with Gasteiger partial charge in [0.2, 0.25) is 11.7 Å². The quantitative estimate of drug-likeness (QED) is 0.164. The first-order chi connectivity index (χ1) is 18.9. The van der Waals surface area contributed by atoms with Crippen molar-refractivity contribution in [3.8, 4) is 5.75 Å². The Morgan fingerprint density at radius 1 is 0.950 bits per heavy atom. The average molecular weight is 570 g/mol. The lowest BCUT2D eigenvalue weighted by Crippen LogP contribution is -2.48. The largest absolute Gasteiger partial charge is 0.482 e. The van der Waals surface area contributed by atoms with Gasteiger partial charge in [0.15, 0.2) is 17.3 Å². The van der Waals surface area contributed by atoms with Gasteiger partial charge < -0.3 is 25.8 Å². The lowest BCUT2D eigenvalue weighted by atomic mass is 10.1. The summed E-state index contributed by atoms with van der Waals surface area (Å²) < 4.78 is 60.8. The van der Waals surface area contributed by atoms with Crippen molar-refractivity contribution in [1.82, 2.24) is 10.6 Å². The molecule has 0 fully saturated rings. The predicted molar refractivity (Wildman–Crippen MR) is 132 cm³/mol. The van der Waals surface area contributed by atoms with E-state index in [2.05, 4.69) is 10.6 Å². The summed E-state index contributed by atoms with van der Waals surface area (Å²) in [5.41, 5.74) is -0.108. The van der Waals surface area contributed by atoms with E-state index in [9.17, 15) is 41.5 Å². The number of amides is 3. The standard InChI is InChI=1S/C26H27F4N3O7/c1-3-13-6-5-7-15(27)23(13)33-26(39)25(38)31-11-20(35)32-18(8-9-21(36)37)19(34)12-40-24-14(4-2)16(28)10-17(29)22(24)30/h5-7,10,18H,3-4,8-9,11-12H2,1-2H3,(H,31,38)(H,32,35)(H,33,39)(H,36,37)/t18-/m0/s1. The minimum absolute atomic E-state index is 0.102. The zero-order chi connectivity index (χ0) is 30.0. The molecule has 0 aliphatic heterocycles. The molecule has 2 aromatic rings. The van der Waals surface area contributed by atoms with E-state index in [-0.39, 0.29) is 17.7 Å². The van der Waals surface area contributed by atoms with Crippen LogP contribution in [0.4, 0.5) is 23.2 Å². The maximum Gasteiger partial charge on any atom is 0.313 e. The van der Waals surface area contributed by atoms with Crippen molar-refractivity contribution in [3.05, 3.63) is 58.7 Å². The van der Waals surface area contributed by atoms with Crippen molar-refractivity contribution >= 4 is 35.2 Å². The molecule has 0 radical (unpaired) electrons. The van der Waals surface area contributed by atoms with Crippen LogP contribution in [0, 0.1) is 23.3 Å². The second kappa shape index (κ2) is 14.6. The van der Waals surface area contributed by atoms with Crippen LogP contribution in [0.5, 0.6) is 5.75 Å². The summed E-state index contributed by atoms with van der Waals surface area (Å²) in [6.45, 7) is 1.34. The lowest BCUT2D eigenvalue weighted by molar-refractivity contribution is -0.138. The highest BCUT2D eigenvalue weighted by Crippen LogP contribution is 2.28. The Bertz CT molecular complexity index is 1300.